The van der Waals surface area contributed by atoms with Crippen LogP contribution in [0.3, 0.4) is 0 Å². The molecule has 13 aromatic carbocycles. The summed E-state index contributed by atoms with van der Waals surface area (Å²) >= 11 is 0. The van der Waals surface area contributed by atoms with Gasteiger partial charge in [0.05, 0.1) is 11.4 Å². The molecule has 2 nitrogen and oxygen atoms in total. The second-order valence-corrected chi connectivity index (χ2v) is 20.9. The maximum Gasteiger partial charge on any atom is 0.0540 e. The minimum absolute atomic E-state index is 0.999. The van der Waals surface area contributed by atoms with Crippen LogP contribution in [0.2, 0.25) is 0 Å². The molecule has 0 N–H and O–H groups in total. The highest BCUT2D eigenvalue weighted by Crippen LogP contribution is 2.46. The second kappa shape index (κ2) is 21.3. The lowest BCUT2D eigenvalue weighted by atomic mass is 9.89. The average Bonchev–Trinajstić information content (AvgIpc) is 3.50. The van der Waals surface area contributed by atoms with Gasteiger partial charge < -0.3 is 9.80 Å². The van der Waals surface area contributed by atoms with Gasteiger partial charge >= 0.3 is 0 Å². The lowest BCUT2D eigenvalue weighted by molar-refractivity contribution is 0.959. The van der Waals surface area contributed by atoms with E-state index in [1.165, 1.54) is 98.7 Å². The number of para-hydroxylation sites is 2. The van der Waals surface area contributed by atoms with Gasteiger partial charge in [0.15, 0.2) is 0 Å². The van der Waals surface area contributed by atoms with E-state index in [1.54, 1.807) is 0 Å². The highest BCUT2D eigenvalue weighted by molar-refractivity contribution is 6.15. The lowest BCUT2D eigenvalue weighted by Gasteiger charge is -2.27. The Morgan fingerprint density at radius 3 is 0.897 bits per heavy atom. The first-order valence-electron chi connectivity index (χ1n) is 27.5. The molecule has 0 aliphatic heterocycles. The molecule has 0 aromatic heterocycles. The molecule has 0 aliphatic rings. The third-order valence-electron chi connectivity index (χ3n) is 15.8. The number of aryl methyl sites for hydroxylation is 6. The molecule has 0 saturated heterocycles. The van der Waals surface area contributed by atoms with E-state index < -0.39 is 0 Å². The summed E-state index contributed by atoms with van der Waals surface area (Å²) in [7, 11) is 0. The molecule has 0 radical (unpaired) electrons. The molecule has 0 spiro atoms. The monoisotopic (exact) mass is 1000 g/mol. The fourth-order valence-electron chi connectivity index (χ4n) is 11.7. The van der Waals surface area contributed by atoms with Crippen LogP contribution in [-0.2, 0) is 25.7 Å². The molecule has 0 fully saturated rings. The van der Waals surface area contributed by atoms with Crippen LogP contribution < -0.4 is 9.80 Å². The number of fused-ring (bicyclic) bond motifs is 4. The van der Waals surface area contributed by atoms with E-state index in [4.69, 9.17) is 0 Å². The zero-order valence-electron chi connectivity index (χ0n) is 44.3. The average molecular weight is 1000 g/mol. The van der Waals surface area contributed by atoms with Crippen LogP contribution in [0.25, 0.3) is 65.3 Å². The molecule has 0 aliphatic carbocycles. The van der Waals surface area contributed by atoms with Gasteiger partial charge in [-0.3, -0.25) is 0 Å². The molecule has 0 bridgehead atoms. The molecule has 0 atom stereocenters. The quantitative estimate of drug-likeness (QED) is 0.100. The number of rotatable bonds is 14. The molecule has 78 heavy (non-hydrogen) atoms. The second-order valence-electron chi connectivity index (χ2n) is 20.9. The van der Waals surface area contributed by atoms with E-state index in [0.29, 0.717) is 0 Å². The number of anilines is 6. The van der Waals surface area contributed by atoms with E-state index in [9.17, 15) is 0 Å². The Kier molecular flexibility index (Phi) is 13.1. The normalized spacial score (nSPS) is 11.4. The van der Waals surface area contributed by atoms with E-state index in [0.717, 1.165) is 59.8 Å². The van der Waals surface area contributed by atoms with Crippen molar-refractivity contribution < 1.29 is 0 Å². The first-order valence-corrected chi connectivity index (χ1v) is 27.5. The van der Waals surface area contributed by atoms with Crippen molar-refractivity contribution in [2.75, 3.05) is 9.80 Å². The molecule has 13 rings (SSSR count). The van der Waals surface area contributed by atoms with Crippen LogP contribution in [0.4, 0.5) is 34.1 Å². The van der Waals surface area contributed by atoms with Crippen LogP contribution in [0.5, 0.6) is 0 Å². The highest BCUT2D eigenvalue weighted by Gasteiger charge is 2.20. The number of benzene rings is 13. The van der Waals surface area contributed by atoms with Gasteiger partial charge in [0.1, 0.15) is 0 Å². The standard InChI is InChI=1S/C76H60N2/c1-53-31-35-55(36-32-53)39-41-57-43-47-63(48-44-57)77(61-17-5-3-6-18-61)75-29-13-25-67-65(23-11-27-71(67)75)69-21-9-15-59-52-74-60(51-73(59)69)16-10-22-70(74)66-24-12-28-72-68(66)26-14-30-76(72)78(62-19-7-4-8-20-62)64-49-45-58(46-50-64)42-40-56-37-33-54(2)34-38-56/h3-38,43-52H,39-42H2,1-2H3. The maximum atomic E-state index is 2.42. The van der Waals surface area contributed by atoms with Crippen molar-refractivity contribution in [3.8, 4) is 22.3 Å². The van der Waals surface area contributed by atoms with Gasteiger partial charge in [0.2, 0.25) is 0 Å². The third-order valence-corrected chi connectivity index (χ3v) is 15.8. The predicted molar refractivity (Wildman–Crippen MR) is 334 cm³/mol. The van der Waals surface area contributed by atoms with E-state index in [2.05, 4.69) is 303 Å². The van der Waals surface area contributed by atoms with Gasteiger partial charge in [-0.05, 0) is 189 Å². The Bertz CT molecular complexity index is 3960. The van der Waals surface area contributed by atoms with E-state index >= 15 is 0 Å². The summed E-state index contributed by atoms with van der Waals surface area (Å²) in [5, 5.41) is 9.75. The van der Waals surface area contributed by atoms with Crippen molar-refractivity contribution in [2.45, 2.75) is 39.5 Å². The Morgan fingerprint density at radius 2 is 0.526 bits per heavy atom. The summed E-state index contributed by atoms with van der Waals surface area (Å²) in [5.74, 6) is 0. The summed E-state index contributed by atoms with van der Waals surface area (Å²) in [6, 6.07) is 103. The molecular formula is C76H60N2. The Labute approximate surface area is 458 Å². The molecule has 0 saturated carbocycles. The van der Waals surface area contributed by atoms with Crippen LogP contribution in [0.15, 0.2) is 279 Å². The number of hydrogen-bond acceptors (Lipinski definition) is 2. The number of nitrogens with zero attached hydrogens (tertiary/aromatic N) is 2. The van der Waals surface area contributed by atoms with Gasteiger partial charge in [-0.25, -0.2) is 0 Å². The van der Waals surface area contributed by atoms with Gasteiger partial charge in [0.25, 0.3) is 0 Å². The zero-order valence-corrected chi connectivity index (χ0v) is 44.3. The Balaban J connectivity index is 0.855. The minimum atomic E-state index is 0.999. The first kappa shape index (κ1) is 48.2. The first-order chi connectivity index (χ1) is 38.5. The fourth-order valence-corrected chi connectivity index (χ4v) is 11.7. The van der Waals surface area contributed by atoms with Gasteiger partial charge in [-0.1, -0.05) is 217 Å². The summed E-state index contributed by atoms with van der Waals surface area (Å²) < 4.78 is 0. The summed E-state index contributed by atoms with van der Waals surface area (Å²) in [6.45, 7) is 4.29. The SMILES string of the molecule is Cc1ccc(CCc2ccc(N(c3ccccc3)c3cccc4c(-c5cccc6cc7c(-c8cccc9c(N(c%10ccccc%10)c%10ccc(CCc%11ccc(C)cc%11)cc%10)cccc89)cccc7cc56)cccc34)cc2)cc1. The molecular weight excluding hydrogens is 941 g/mol. The van der Waals surface area contributed by atoms with Gasteiger partial charge in [-0.2, -0.15) is 0 Å². The molecule has 0 heterocycles. The van der Waals surface area contributed by atoms with Crippen molar-refractivity contribution in [2.24, 2.45) is 0 Å². The molecule has 0 unspecified atom stereocenters. The predicted octanol–water partition coefficient (Wildman–Crippen LogP) is 20.8. The van der Waals surface area contributed by atoms with Crippen molar-refractivity contribution in [3.05, 3.63) is 312 Å². The van der Waals surface area contributed by atoms with Crippen molar-refractivity contribution in [1.29, 1.82) is 0 Å². The van der Waals surface area contributed by atoms with Crippen LogP contribution >= 0.6 is 0 Å². The van der Waals surface area contributed by atoms with Crippen molar-refractivity contribution >= 4 is 77.2 Å². The van der Waals surface area contributed by atoms with Gasteiger partial charge in [0, 0.05) is 33.5 Å². The van der Waals surface area contributed by atoms with Crippen molar-refractivity contribution in [1.82, 2.24) is 0 Å². The largest absolute Gasteiger partial charge is 0.310 e. The van der Waals surface area contributed by atoms with Crippen molar-refractivity contribution in [3.63, 3.8) is 0 Å². The topological polar surface area (TPSA) is 6.48 Å². The van der Waals surface area contributed by atoms with E-state index in [1.807, 2.05) is 0 Å². The molecule has 2 heteroatoms. The summed E-state index contributed by atoms with van der Waals surface area (Å²) in [4.78, 5) is 4.82. The smallest absolute Gasteiger partial charge is 0.0540 e. The van der Waals surface area contributed by atoms with Crippen LogP contribution in [0, 0.1) is 13.8 Å². The molecule has 0 amide bonds. The fraction of sp³-hybridized carbons (Fsp3) is 0.0789. The third kappa shape index (κ3) is 9.59. The van der Waals surface area contributed by atoms with Gasteiger partial charge in [-0.15, -0.1) is 0 Å². The Hall–Kier alpha value is -9.50. The van der Waals surface area contributed by atoms with E-state index in [-0.39, 0.29) is 0 Å². The van der Waals surface area contributed by atoms with Crippen LogP contribution in [0.1, 0.15) is 33.4 Å². The minimum Gasteiger partial charge on any atom is -0.310 e. The molecule has 13 aromatic rings. The maximum absolute atomic E-state index is 2.42. The van der Waals surface area contributed by atoms with Crippen LogP contribution in [-0.4, -0.2) is 0 Å². The lowest BCUT2D eigenvalue weighted by Crippen LogP contribution is -2.10. The summed E-state index contributed by atoms with van der Waals surface area (Å²) in [5.41, 5.74) is 19.7. The highest BCUT2D eigenvalue weighted by atomic mass is 15.1. The molecule has 374 valence electrons. The number of hydrogen-bond donors (Lipinski definition) is 0. The Morgan fingerprint density at radius 1 is 0.231 bits per heavy atom. The zero-order chi connectivity index (χ0) is 52.4. The summed E-state index contributed by atoms with van der Waals surface area (Å²) in [6.07, 6.45) is 4.04.